The van der Waals surface area contributed by atoms with Crippen LogP contribution in [0.15, 0.2) is 60.2 Å². The molecule has 0 heterocycles. The number of amides is 1. The fourth-order valence-corrected chi connectivity index (χ4v) is 3.46. The lowest BCUT2D eigenvalue weighted by molar-refractivity contribution is -0.384. The number of hydrogen-bond acceptors (Lipinski definition) is 6. The first-order valence-electron chi connectivity index (χ1n) is 10.1. The van der Waals surface area contributed by atoms with Crippen LogP contribution in [0.3, 0.4) is 0 Å². The molecule has 0 spiro atoms. The molecule has 0 radical (unpaired) electrons. The van der Waals surface area contributed by atoms with Crippen molar-refractivity contribution in [3.05, 3.63) is 97.0 Å². The first kappa shape index (κ1) is 25.6. The van der Waals surface area contributed by atoms with Crippen LogP contribution in [0.2, 0.25) is 10.0 Å². The summed E-state index contributed by atoms with van der Waals surface area (Å²) in [4.78, 5) is 23.2. The van der Waals surface area contributed by atoms with E-state index < -0.39 is 10.8 Å². The van der Waals surface area contributed by atoms with Crippen molar-refractivity contribution < 1.29 is 19.2 Å². The zero-order valence-corrected chi connectivity index (χ0v) is 20.2. The minimum Gasteiger partial charge on any atom is -0.493 e. The molecule has 3 rings (SSSR count). The molecule has 1 amide bonds. The molecule has 10 heteroatoms. The number of nitriles is 1. The molecule has 0 saturated heterocycles. The Hall–Kier alpha value is -4.06. The normalized spacial score (nSPS) is 10.9. The number of ether oxygens (including phenoxy) is 2. The molecule has 178 valence electrons. The van der Waals surface area contributed by atoms with Crippen molar-refractivity contribution in [1.29, 1.82) is 5.26 Å². The lowest BCUT2D eigenvalue weighted by atomic mass is 10.1. The molecule has 0 atom stereocenters. The van der Waals surface area contributed by atoms with Gasteiger partial charge in [-0.1, -0.05) is 41.4 Å². The SMILES string of the molecule is COc1cc(/C=C(\C#N)C(=O)Nc2cc([N+](=O)[O-])ccc2C)cc(Cl)c1OCc1ccc(Cl)cc1. The number of rotatable bonds is 8. The second kappa shape index (κ2) is 11.4. The first-order chi connectivity index (χ1) is 16.7. The van der Waals surface area contributed by atoms with Crippen LogP contribution in [0.25, 0.3) is 6.08 Å². The zero-order chi connectivity index (χ0) is 25.5. The molecule has 1 N–H and O–H groups in total. The highest BCUT2D eigenvalue weighted by atomic mass is 35.5. The molecule has 0 aliphatic rings. The first-order valence-corrected chi connectivity index (χ1v) is 10.9. The van der Waals surface area contributed by atoms with Crippen LogP contribution in [0.4, 0.5) is 11.4 Å². The predicted octanol–water partition coefficient (Wildman–Crippen LogP) is 6.34. The van der Waals surface area contributed by atoms with Crippen LogP contribution in [-0.4, -0.2) is 17.9 Å². The van der Waals surface area contributed by atoms with Crippen molar-refractivity contribution in [3.8, 4) is 17.6 Å². The average Bonchev–Trinajstić information content (AvgIpc) is 2.83. The Labute approximate surface area is 211 Å². The molecule has 8 nitrogen and oxygen atoms in total. The van der Waals surface area contributed by atoms with E-state index in [4.69, 9.17) is 32.7 Å². The molecular weight excluding hydrogens is 493 g/mol. The summed E-state index contributed by atoms with van der Waals surface area (Å²) in [5, 5.41) is 23.9. The fourth-order valence-electron chi connectivity index (χ4n) is 3.06. The van der Waals surface area contributed by atoms with E-state index in [0.717, 1.165) is 5.56 Å². The maximum atomic E-state index is 12.7. The highest BCUT2D eigenvalue weighted by molar-refractivity contribution is 6.32. The van der Waals surface area contributed by atoms with Crippen molar-refractivity contribution in [1.82, 2.24) is 0 Å². The minimum atomic E-state index is -0.728. The van der Waals surface area contributed by atoms with Crippen LogP contribution >= 0.6 is 23.2 Å². The van der Waals surface area contributed by atoms with E-state index in [1.54, 1.807) is 25.1 Å². The Balaban J connectivity index is 1.84. The van der Waals surface area contributed by atoms with E-state index in [1.165, 1.54) is 37.5 Å². The number of methoxy groups -OCH3 is 1. The van der Waals surface area contributed by atoms with E-state index in [-0.39, 0.29) is 28.6 Å². The average molecular weight is 512 g/mol. The molecule has 0 fully saturated rings. The molecule has 0 saturated carbocycles. The number of carbonyl (C=O) groups excluding carboxylic acids is 1. The van der Waals surface area contributed by atoms with Crippen molar-refractivity contribution >= 4 is 46.6 Å². The number of hydrogen-bond donors (Lipinski definition) is 1. The van der Waals surface area contributed by atoms with Gasteiger partial charge in [-0.05, 0) is 54.0 Å². The van der Waals surface area contributed by atoms with E-state index in [9.17, 15) is 20.2 Å². The van der Waals surface area contributed by atoms with Crippen LogP contribution in [0.1, 0.15) is 16.7 Å². The maximum absolute atomic E-state index is 12.7. The van der Waals surface area contributed by atoms with E-state index in [0.29, 0.717) is 27.6 Å². The third-order valence-electron chi connectivity index (χ3n) is 4.90. The maximum Gasteiger partial charge on any atom is 0.271 e. The third kappa shape index (κ3) is 6.51. The number of benzene rings is 3. The smallest absolute Gasteiger partial charge is 0.271 e. The summed E-state index contributed by atoms with van der Waals surface area (Å²) in [6.07, 6.45) is 1.33. The van der Waals surface area contributed by atoms with Crippen molar-refractivity contribution in [3.63, 3.8) is 0 Å². The number of nitro groups is 1. The lowest BCUT2D eigenvalue weighted by Crippen LogP contribution is -2.14. The van der Waals surface area contributed by atoms with Crippen LogP contribution in [0, 0.1) is 28.4 Å². The quantitative estimate of drug-likeness (QED) is 0.163. The van der Waals surface area contributed by atoms with Crippen LogP contribution in [0.5, 0.6) is 11.5 Å². The van der Waals surface area contributed by atoms with Gasteiger partial charge in [-0.3, -0.25) is 14.9 Å². The summed E-state index contributed by atoms with van der Waals surface area (Å²) >= 11 is 12.3. The number of nitrogens with one attached hydrogen (secondary N) is 1. The van der Waals surface area contributed by atoms with Gasteiger partial charge >= 0.3 is 0 Å². The molecule has 3 aromatic carbocycles. The monoisotopic (exact) mass is 511 g/mol. The highest BCUT2D eigenvalue weighted by Crippen LogP contribution is 2.37. The van der Waals surface area contributed by atoms with Gasteiger partial charge in [0.2, 0.25) is 0 Å². The highest BCUT2D eigenvalue weighted by Gasteiger charge is 2.16. The summed E-state index contributed by atoms with van der Waals surface area (Å²) < 4.78 is 11.2. The standard InChI is InChI=1S/C25H19Cl2N3O5/c1-15-3-8-20(30(32)33)12-22(15)29-25(31)18(13-28)9-17-10-21(27)24(23(11-17)34-2)35-14-16-4-6-19(26)7-5-16/h3-12H,14H2,1-2H3,(H,29,31)/b18-9+. The Morgan fingerprint density at radius 2 is 1.89 bits per heavy atom. The van der Waals surface area contributed by atoms with Crippen LogP contribution in [-0.2, 0) is 11.4 Å². The Morgan fingerprint density at radius 3 is 2.51 bits per heavy atom. The van der Waals surface area contributed by atoms with Gasteiger partial charge in [-0.2, -0.15) is 5.26 Å². The molecule has 0 aliphatic heterocycles. The van der Waals surface area contributed by atoms with Gasteiger partial charge in [0.05, 0.1) is 22.7 Å². The summed E-state index contributed by atoms with van der Waals surface area (Å²) in [6, 6.07) is 16.2. The van der Waals surface area contributed by atoms with Gasteiger partial charge in [-0.15, -0.1) is 0 Å². The number of aryl methyl sites for hydroxylation is 1. The van der Waals surface area contributed by atoms with E-state index >= 15 is 0 Å². The molecule has 0 bridgehead atoms. The van der Waals surface area contributed by atoms with Gasteiger partial charge in [-0.25, -0.2) is 0 Å². The number of anilines is 1. The topological polar surface area (TPSA) is 114 Å². The molecule has 0 aliphatic carbocycles. The summed E-state index contributed by atoms with van der Waals surface area (Å²) in [7, 11) is 1.44. The fraction of sp³-hybridized carbons (Fsp3) is 0.120. The zero-order valence-electron chi connectivity index (χ0n) is 18.7. The second-order valence-electron chi connectivity index (χ2n) is 7.33. The largest absolute Gasteiger partial charge is 0.493 e. The Morgan fingerprint density at radius 1 is 1.17 bits per heavy atom. The van der Waals surface area contributed by atoms with Gasteiger partial charge < -0.3 is 14.8 Å². The van der Waals surface area contributed by atoms with E-state index in [1.807, 2.05) is 18.2 Å². The van der Waals surface area contributed by atoms with Crippen molar-refractivity contribution in [2.75, 3.05) is 12.4 Å². The summed E-state index contributed by atoms with van der Waals surface area (Å²) in [5.74, 6) is -0.115. The van der Waals surface area contributed by atoms with Gasteiger partial charge in [0.15, 0.2) is 11.5 Å². The number of halogens is 2. The number of nitrogens with zero attached hydrogens (tertiary/aromatic N) is 2. The second-order valence-corrected chi connectivity index (χ2v) is 8.17. The molecule has 0 unspecified atom stereocenters. The number of nitro benzene ring substituents is 1. The Kier molecular flexibility index (Phi) is 8.31. The molecule has 3 aromatic rings. The third-order valence-corrected chi connectivity index (χ3v) is 5.44. The van der Waals surface area contributed by atoms with E-state index in [2.05, 4.69) is 5.32 Å². The van der Waals surface area contributed by atoms with Crippen molar-refractivity contribution in [2.24, 2.45) is 0 Å². The molecular formula is C25H19Cl2N3O5. The summed E-state index contributed by atoms with van der Waals surface area (Å²) in [6.45, 7) is 1.90. The minimum absolute atomic E-state index is 0.181. The predicted molar refractivity (Wildman–Crippen MR) is 134 cm³/mol. The Bertz CT molecular complexity index is 1350. The van der Waals surface area contributed by atoms with Crippen LogP contribution < -0.4 is 14.8 Å². The molecule has 35 heavy (non-hydrogen) atoms. The number of non-ortho nitro benzene ring substituents is 1. The molecule has 0 aromatic heterocycles. The van der Waals surface area contributed by atoms with Gasteiger partial charge in [0.1, 0.15) is 18.2 Å². The number of carbonyl (C=O) groups is 1. The lowest BCUT2D eigenvalue weighted by Gasteiger charge is -2.14. The van der Waals surface area contributed by atoms with Gasteiger partial charge in [0.25, 0.3) is 11.6 Å². The summed E-state index contributed by atoms with van der Waals surface area (Å²) in [5.41, 5.74) is 1.72. The van der Waals surface area contributed by atoms with Crippen molar-refractivity contribution in [2.45, 2.75) is 13.5 Å². The van der Waals surface area contributed by atoms with Gasteiger partial charge in [0, 0.05) is 17.2 Å².